The first-order chi connectivity index (χ1) is 15.4. The molecule has 2 fully saturated rings. The zero-order valence-electron chi connectivity index (χ0n) is 17.5. The first-order valence-corrected chi connectivity index (χ1v) is 11.2. The Morgan fingerprint density at radius 1 is 1.25 bits per heavy atom. The van der Waals surface area contributed by atoms with E-state index in [9.17, 15) is 19.6 Å². The van der Waals surface area contributed by atoms with Crippen LogP contribution in [0.4, 0.5) is 0 Å². The Kier molecular flexibility index (Phi) is 6.61. The predicted molar refractivity (Wildman–Crippen MR) is 118 cm³/mol. The van der Waals surface area contributed by atoms with Crippen molar-refractivity contribution < 1.29 is 14.4 Å². The van der Waals surface area contributed by atoms with Crippen molar-refractivity contribution >= 4 is 40.2 Å². The van der Waals surface area contributed by atoms with E-state index in [4.69, 9.17) is 11.6 Å². The molecule has 4 rings (SSSR count). The number of pyridine rings is 1. The number of piperidine rings is 1. The monoisotopic (exact) mass is 456 g/mol. The summed E-state index contributed by atoms with van der Waals surface area (Å²) in [5.74, 6) is -0.826. The maximum absolute atomic E-state index is 13.0. The fourth-order valence-electron chi connectivity index (χ4n) is 4.04. The number of hydrogen-bond acceptors (Lipinski definition) is 5. The molecule has 2 aliphatic rings. The topological polar surface area (TPSA) is 140 Å². The summed E-state index contributed by atoms with van der Waals surface area (Å²) in [7, 11) is 0. The average Bonchev–Trinajstić information content (AvgIpc) is 3.49. The largest absolute Gasteiger partial charge is 0.356 e. The number of hydrogen-bond donors (Lipinski definition) is 4. The molecule has 1 saturated carbocycles. The van der Waals surface area contributed by atoms with E-state index in [1.54, 1.807) is 18.3 Å². The molecule has 168 valence electrons. The molecule has 2 aromatic rings. The van der Waals surface area contributed by atoms with Gasteiger partial charge in [-0.15, -0.1) is 0 Å². The van der Waals surface area contributed by atoms with Crippen LogP contribution in [0.3, 0.4) is 0 Å². The second kappa shape index (κ2) is 9.57. The minimum absolute atomic E-state index is 0.0815. The lowest BCUT2D eigenvalue weighted by Gasteiger charge is -2.25. The van der Waals surface area contributed by atoms with Crippen molar-refractivity contribution in [2.24, 2.45) is 11.8 Å². The summed E-state index contributed by atoms with van der Waals surface area (Å²) in [6, 6.07) is 3.83. The Morgan fingerprint density at radius 2 is 2.06 bits per heavy atom. The molecule has 4 N–H and O–H groups in total. The van der Waals surface area contributed by atoms with E-state index in [-0.39, 0.29) is 18.2 Å². The summed E-state index contributed by atoms with van der Waals surface area (Å²) < 4.78 is 0. The molecule has 32 heavy (non-hydrogen) atoms. The smallest absolute Gasteiger partial charge is 0.268 e. The van der Waals surface area contributed by atoms with Gasteiger partial charge >= 0.3 is 0 Å². The predicted octanol–water partition coefficient (Wildman–Crippen LogP) is 2.04. The summed E-state index contributed by atoms with van der Waals surface area (Å²) in [5.41, 5.74) is 0.964. The molecule has 3 atom stereocenters. The first kappa shape index (κ1) is 22.1. The van der Waals surface area contributed by atoms with Gasteiger partial charge in [-0.3, -0.25) is 14.4 Å². The van der Waals surface area contributed by atoms with Crippen molar-refractivity contribution in [2.75, 3.05) is 6.54 Å². The third-order valence-corrected chi connectivity index (χ3v) is 6.20. The highest BCUT2D eigenvalue weighted by Gasteiger charge is 2.33. The van der Waals surface area contributed by atoms with Gasteiger partial charge in [0.25, 0.3) is 5.91 Å². The van der Waals surface area contributed by atoms with Crippen molar-refractivity contribution in [1.29, 1.82) is 5.26 Å². The van der Waals surface area contributed by atoms with Crippen LogP contribution < -0.4 is 16.0 Å². The van der Waals surface area contributed by atoms with Crippen LogP contribution in [0.25, 0.3) is 10.9 Å². The number of carbonyl (C=O) groups excluding carboxylic acids is 3. The van der Waals surface area contributed by atoms with Crippen LogP contribution in [0.15, 0.2) is 18.3 Å². The first-order valence-electron chi connectivity index (χ1n) is 10.9. The number of fused-ring (bicyclic) bond motifs is 1. The molecular weight excluding hydrogens is 432 g/mol. The molecule has 3 amide bonds. The van der Waals surface area contributed by atoms with E-state index in [0.717, 1.165) is 24.6 Å². The minimum atomic E-state index is -0.795. The Bertz CT molecular complexity index is 1070. The van der Waals surface area contributed by atoms with E-state index in [1.807, 2.05) is 0 Å². The molecule has 2 unspecified atom stereocenters. The standard InChI is InChI=1S/C22H25ClN6O3/c23-19-9-14-8-17(28-18(14)11-26-19)22(32)29-16(6-12-3-4-12)21(31)27-15(10-24)7-13-2-1-5-25-20(13)30/h8-9,11-13,15-16,28H,1-7H2,(H,25,30)(H,27,31)(H,29,32)/t13-,15?,16?/m0/s1. The second-order valence-corrected chi connectivity index (χ2v) is 8.93. The van der Waals surface area contributed by atoms with Gasteiger partial charge in [-0.25, -0.2) is 4.98 Å². The third-order valence-electron chi connectivity index (χ3n) is 6.00. The number of carbonyl (C=O) groups is 3. The Morgan fingerprint density at radius 3 is 2.78 bits per heavy atom. The van der Waals surface area contributed by atoms with Crippen LogP contribution in [0.1, 0.15) is 49.0 Å². The third kappa shape index (κ3) is 5.37. The lowest BCUT2D eigenvalue weighted by Crippen LogP contribution is -2.50. The number of halogens is 1. The number of nitriles is 1. The van der Waals surface area contributed by atoms with E-state index in [1.165, 1.54) is 0 Å². The summed E-state index contributed by atoms with van der Waals surface area (Å²) in [5, 5.41) is 18.9. The van der Waals surface area contributed by atoms with Gasteiger partial charge in [0.2, 0.25) is 11.8 Å². The molecule has 3 heterocycles. The van der Waals surface area contributed by atoms with Crippen LogP contribution >= 0.6 is 11.6 Å². The molecular formula is C22H25ClN6O3. The van der Waals surface area contributed by atoms with Crippen LogP contribution in [0, 0.1) is 23.2 Å². The molecule has 0 spiro atoms. The molecule has 10 heteroatoms. The zero-order chi connectivity index (χ0) is 22.7. The number of nitrogens with zero attached hydrogens (tertiary/aromatic N) is 2. The quantitative estimate of drug-likeness (QED) is 0.450. The lowest BCUT2D eigenvalue weighted by atomic mass is 9.92. The van der Waals surface area contributed by atoms with E-state index < -0.39 is 23.9 Å². The van der Waals surface area contributed by atoms with E-state index >= 15 is 0 Å². The number of aromatic nitrogens is 2. The Balaban J connectivity index is 1.42. The van der Waals surface area contributed by atoms with Gasteiger partial charge in [0.15, 0.2) is 0 Å². The van der Waals surface area contributed by atoms with Gasteiger partial charge < -0.3 is 20.9 Å². The summed E-state index contributed by atoms with van der Waals surface area (Å²) in [6.45, 7) is 0.643. The normalized spacial score (nSPS) is 20.1. The van der Waals surface area contributed by atoms with Crippen molar-refractivity contribution in [3.8, 4) is 6.07 Å². The summed E-state index contributed by atoms with van der Waals surface area (Å²) in [4.78, 5) is 44.8. The summed E-state index contributed by atoms with van der Waals surface area (Å²) >= 11 is 5.91. The van der Waals surface area contributed by atoms with Crippen molar-refractivity contribution in [3.05, 3.63) is 29.2 Å². The Labute approximate surface area is 190 Å². The highest BCUT2D eigenvalue weighted by Crippen LogP contribution is 2.33. The molecule has 2 aromatic heterocycles. The van der Waals surface area contributed by atoms with Crippen molar-refractivity contribution in [2.45, 2.75) is 50.6 Å². The molecule has 9 nitrogen and oxygen atoms in total. The van der Waals surface area contributed by atoms with Crippen LogP contribution in [0.2, 0.25) is 5.15 Å². The van der Waals surface area contributed by atoms with Gasteiger partial charge in [-0.1, -0.05) is 24.4 Å². The van der Waals surface area contributed by atoms with Gasteiger partial charge in [0.1, 0.15) is 22.9 Å². The van der Waals surface area contributed by atoms with Crippen LogP contribution in [-0.4, -0.2) is 46.3 Å². The lowest BCUT2D eigenvalue weighted by molar-refractivity contribution is -0.128. The van der Waals surface area contributed by atoms with Gasteiger partial charge in [-0.2, -0.15) is 5.26 Å². The van der Waals surface area contributed by atoms with Gasteiger partial charge in [0, 0.05) is 17.8 Å². The highest BCUT2D eigenvalue weighted by atomic mass is 35.5. The number of aromatic amines is 1. The molecule has 1 saturated heterocycles. The molecule has 0 bridgehead atoms. The van der Waals surface area contributed by atoms with Crippen molar-refractivity contribution in [1.82, 2.24) is 25.9 Å². The zero-order valence-corrected chi connectivity index (χ0v) is 18.2. The molecule has 0 aromatic carbocycles. The van der Waals surface area contributed by atoms with Crippen molar-refractivity contribution in [3.63, 3.8) is 0 Å². The number of rotatable bonds is 8. The highest BCUT2D eigenvalue weighted by molar-refractivity contribution is 6.30. The number of H-pyrrole nitrogens is 1. The summed E-state index contributed by atoms with van der Waals surface area (Å²) in [6.07, 6.45) is 5.89. The minimum Gasteiger partial charge on any atom is -0.356 e. The van der Waals surface area contributed by atoms with Gasteiger partial charge in [-0.05, 0) is 43.7 Å². The molecule has 1 aliphatic carbocycles. The number of nitrogens with one attached hydrogen (secondary N) is 4. The molecule has 1 aliphatic heterocycles. The van der Waals surface area contributed by atoms with E-state index in [2.05, 4.69) is 32.0 Å². The SMILES string of the molecule is N#CC(C[C@@H]1CCCNC1=O)NC(=O)C(CC1CC1)NC(=O)c1cc2cc(Cl)ncc2[nH]1. The second-order valence-electron chi connectivity index (χ2n) is 8.54. The molecule has 0 radical (unpaired) electrons. The number of amides is 3. The van der Waals surface area contributed by atoms with Crippen LogP contribution in [0.5, 0.6) is 0 Å². The average molecular weight is 457 g/mol. The van der Waals surface area contributed by atoms with Crippen LogP contribution in [-0.2, 0) is 9.59 Å². The maximum Gasteiger partial charge on any atom is 0.268 e. The fraction of sp³-hybridized carbons (Fsp3) is 0.500. The maximum atomic E-state index is 13.0. The Hall–Kier alpha value is -3.12. The fourth-order valence-corrected chi connectivity index (χ4v) is 4.21. The van der Waals surface area contributed by atoms with Gasteiger partial charge in [0.05, 0.1) is 17.8 Å². The van der Waals surface area contributed by atoms with E-state index in [0.29, 0.717) is 41.7 Å².